The molecule has 0 aliphatic heterocycles. The minimum absolute atomic E-state index is 0.428. The molecular formula is C25H28N8O. The first-order chi connectivity index (χ1) is 16.5. The summed E-state index contributed by atoms with van der Waals surface area (Å²) in [5.74, 6) is 2.70. The van der Waals surface area contributed by atoms with Gasteiger partial charge < -0.3 is 30.7 Å². The number of hydrogen-bond acceptors (Lipinski definition) is 7. The third kappa shape index (κ3) is 4.38. The average molecular weight is 457 g/mol. The van der Waals surface area contributed by atoms with E-state index in [9.17, 15) is 0 Å². The van der Waals surface area contributed by atoms with E-state index < -0.39 is 0 Å². The Kier molecular flexibility index (Phi) is 5.77. The van der Waals surface area contributed by atoms with E-state index in [-0.39, 0.29) is 0 Å². The molecule has 34 heavy (non-hydrogen) atoms. The van der Waals surface area contributed by atoms with Crippen LogP contribution in [0.25, 0.3) is 33.1 Å². The standard InChI is InChI=1S/C25H28N8O/c1-33(2)14-23-30-21-6-4-15(10-22(21)31-23)19-13-29-25(32-24(19)26)27-9-8-16-12-28-20-7-5-17(34-3)11-18(16)20/h4-7,10-13,28H,8-9,14H2,1-3H3,(H,30,31)(H3,26,27,29,32). The van der Waals surface area contributed by atoms with Gasteiger partial charge in [-0.1, -0.05) is 6.07 Å². The Morgan fingerprint density at radius 1 is 1.09 bits per heavy atom. The molecule has 0 amide bonds. The Morgan fingerprint density at radius 3 is 2.74 bits per heavy atom. The first-order valence-electron chi connectivity index (χ1n) is 11.1. The van der Waals surface area contributed by atoms with Crippen LogP contribution < -0.4 is 15.8 Å². The number of nitrogens with two attached hydrogens (primary N) is 1. The Balaban J connectivity index is 1.28. The van der Waals surface area contributed by atoms with Crippen LogP contribution in [0.5, 0.6) is 5.75 Å². The molecule has 0 fully saturated rings. The molecule has 3 heterocycles. The van der Waals surface area contributed by atoms with E-state index in [1.54, 1.807) is 13.3 Å². The predicted molar refractivity (Wildman–Crippen MR) is 136 cm³/mol. The van der Waals surface area contributed by atoms with Gasteiger partial charge in [-0.25, -0.2) is 9.97 Å². The minimum Gasteiger partial charge on any atom is -0.497 e. The van der Waals surface area contributed by atoms with Gasteiger partial charge in [0.05, 0.1) is 24.7 Å². The van der Waals surface area contributed by atoms with Crippen LogP contribution in [0.2, 0.25) is 0 Å². The lowest BCUT2D eigenvalue weighted by Gasteiger charge is -2.09. The van der Waals surface area contributed by atoms with E-state index in [2.05, 4.69) is 35.1 Å². The van der Waals surface area contributed by atoms with Crippen molar-refractivity contribution in [2.75, 3.05) is 38.8 Å². The molecule has 0 bridgehead atoms. The van der Waals surface area contributed by atoms with E-state index >= 15 is 0 Å². The molecule has 9 nitrogen and oxygen atoms in total. The van der Waals surface area contributed by atoms with E-state index in [0.29, 0.717) is 18.3 Å². The number of nitrogens with zero attached hydrogens (tertiary/aromatic N) is 4. The molecule has 0 saturated heterocycles. The number of aromatic amines is 2. The quantitative estimate of drug-likeness (QED) is 0.280. The van der Waals surface area contributed by atoms with Gasteiger partial charge in [-0.3, -0.25) is 0 Å². The van der Waals surface area contributed by atoms with E-state index in [1.807, 2.05) is 56.7 Å². The summed E-state index contributed by atoms with van der Waals surface area (Å²) >= 11 is 0. The Morgan fingerprint density at radius 2 is 1.94 bits per heavy atom. The fraction of sp³-hybridized carbons (Fsp3) is 0.240. The van der Waals surface area contributed by atoms with Crippen molar-refractivity contribution >= 4 is 33.7 Å². The van der Waals surface area contributed by atoms with E-state index in [1.165, 1.54) is 5.56 Å². The van der Waals surface area contributed by atoms with Gasteiger partial charge in [0.15, 0.2) is 0 Å². The lowest BCUT2D eigenvalue weighted by molar-refractivity contribution is 0.392. The molecule has 0 atom stereocenters. The summed E-state index contributed by atoms with van der Waals surface area (Å²) in [5.41, 5.74) is 12.2. The molecular weight excluding hydrogens is 428 g/mol. The first-order valence-corrected chi connectivity index (χ1v) is 11.1. The lowest BCUT2D eigenvalue weighted by atomic mass is 10.1. The third-order valence-electron chi connectivity index (χ3n) is 5.78. The number of H-pyrrole nitrogens is 2. The number of imidazole rings is 1. The number of rotatable bonds is 8. The van der Waals surface area contributed by atoms with E-state index in [0.717, 1.165) is 57.6 Å². The average Bonchev–Trinajstić information content (AvgIpc) is 3.41. The number of hydrogen-bond donors (Lipinski definition) is 4. The van der Waals surface area contributed by atoms with Crippen LogP contribution in [-0.2, 0) is 13.0 Å². The number of fused-ring (bicyclic) bond motifs is 2. The maximum Gasteiger partial charge on any atom is 0.224 e. The monoisotopic (exact) mass is 456 g/mol. The van der Waals surface area contributed by atoms with Crippen molar-refractivity contribution in [3.05, 3.63) is 60.2 Å². The van der Waals surface area contributed by atoms with Crippen molar-refractivity contribution < 1.29 is 4.74 Å². The fourth-order valence-corrected chi connectivity index (χ4v) is 4.10. The van der Waals surface area contributed by atoms with Crippen molar-refractivity contribution in [3.8, 4) is 16.9 Å². The van der Waals surface area contributed by atoms with Crippen molar-refractivity contribution in [2.24, 2.45) is 0 Å². The molecule has 0 saturated carbocycles. The molecule has 5 N–H and O–H groups in total. The highest BCUT2D eigenvalue weighted by Gasteiger charge is 2.11. The number of benzene rings is 2. The topological polar surface area (TPSA) is 121 Å². The summed E-state index contributed by atoms with van der Waals surface area (Å²) in [4.78, 5) is 22.4. The highest BCUT2D eigenvalue weighted by atomic mass is 16.5. The number of ether oxygens (including phenoxy) is 1. The largest absolute Gasteiger partial charge is 0.497 e. The second kappa shape index (κ2) is 9.03. The molecule has 174 valence electrons. The molecule has 0 aliphatic rings. The van der Waals surface area contributed by atoms with Crippen LogP contribution in [-0.4, -0.2) is 57.6 Å². The third-order valence-corrected chi connectivity index (χ3v) is 5.78. The number of methoxy groups -OCH3 is 1. The molecule has 5 aromatic rings. The summed E-state index contributed by atoms with van der Waals surface area (Å²) < 4.78 is 5.35. The zero-order valence-electron chi connectivity index (χ0n) is 19.5. The first kappa shape index (κ1) is 21.7. The molecule has 2 aromatic carbocycles. The Hall–Kier alpha value is -4.11. The molecule has 0 aliphatic carbocycles. The van der Waals surface area contributed by atoms with Crippen LogP contribution in [0, 0.1) is 0 Å². The summed E-state index contributed by atoms with van der Waals surface area (Å²) in [7, 11) is 5.71. The lowest BCUT2D eigenvalue weighted by Crippen LogP contribution is -2.11. The maximum atomic E-state index is 6.30. The van der Waals surface area contributed by atoms with Gasteiger partial charge in [0.2, 0.25) is 5.95 Å². The van der Waals surface area contributed by atoms with Crippen molar-refractivity contribution in [1.29, 1.82) is 0 Å². The van der Waals surface area contributed by atoms with Crippen molar-refractivity contribution in [1.82, 2.24) is 29.8 Å². The number of nitrogen functional groups attached to an aromatic ring is 1. The molecule has 0 radical (unpaired) electrons. The molecule has 0 spiro atoms. The number of anilines is 2. The van der Waals surface area contributed by atoms with Crippen molar-refractivity contribution in [3.63, 3.8) is 0 Å². The zero-order chi connectivity index (χ0) is 23.7. The second-order valence-electron chi connectivity index (χ2n) is 8.55. The van der Waals surface area contributed by atoms with Gasteiger partial charge in [-0.2, -0.15) is 4.98 Å². The highest BCUT2D eigenvalue weighted by Crippen LogP contribution is 2.28. The SMILES string of the molecule is COc1ccc2[nH]cc(CCNc3ncc(-c4ccc5[nH]c(CN(C)C)nc5c4)c(N)n3)c2c1. The van der Waals surface area contributed by atoms with Crippen LogP contribution >= 0.6 is 0 Å². The number of aromatic nitrogens is 5. The Labute approximate surface area is 197 Å². The Bertz CT molecular complexity index is 1450. The van der Waals surface area contributed by atoms with Gasteiger partial charge in [0.1, 0.15) is 17.4 Å². The van der Waals surface area contributed by atoms with Gasteiger partial charge >= 0.3 is 0 Å². The molecule has 3 aromatic heterocycles. The molecule has 5 rings (SSSR count). The number of nitrogens with one attached hydrogen (secondary N) is 3. The zero-order valence-corrected chi connectivity index (χ0v) is 19.5. The van der Waals surface area contributed by atoms with Crippen LogP contribution in [0.4, 0.5) is 11.8 Å². The summed E-state index contributed by atoms with van der Waals surface area (Å²) in [6.07, 6.45) is 4.60. The van der Waals surface area contributed by atoms with Gasteiger partial charge in [0, 0.05) is 35.4 Å². The predicted octanol–water partition coefficient (Wildman–Crippen LogP) is 3.81. The normalized spacial score (nSPS) is 11.5. The minimum atomic E-state index is 0.428. The van der Waals surface area contributed by atoms with Gasteiger partial charge in [0.25, 0.3) is 0 Å². The van der Waals surface area contributed by atoms with Crippen LogP contribution in [0.3, 0.4) is 0 Å². The smallest absolute Gasteiger partial charge is 0.224 e. The van der Waals surface area contributed by atoms with Gasteiger partial charge in [-0.05, 0) is 62.0 Å². The van der Waals surface area contributed by atoms with Gasteiger partial charge in [-0.15, -0.1) is 0 Å². The fourth-order valence-electron chi connectivity index (χ4n) is 4.10. The summed E-state index contributed by atoms with van der Waals surface area (Å²) in [6.45, 7) is 1.43. The molecule has 0 unspecified atom stereocenters. The summed E-state index contributed by atoms with van der Waals surface area (Å²) in [5, 5.41) is 4.43. The van der Waals surface area contributed by atoms with E-state index in [4.69, 9.17) is 10.5 Å². The molecule has 9 heteroatoms. The van der Waals surface area contributed by atoms with Crippen LogP contribution in [0.1, 0.15) is 11.4 Å². The second-order valence-corrected chi connectivity index (χ2v) is 8.55. The highest BCUT2D eigenvalue weighted by molar-refractivity contribution is 5.85. The maximum absolute atomic E-state index is 6.30. The van der Waals surface area contributed by atoms with Crippen molar-refractivity contribution in [2.45, 2.75) is 13.0 Å². The summed E-state index contributed by atoms with van der Waals surface area (Å²) in [6, 6.07) is 12.1. The van der Waals surface area contributed by atoms with Crippen LogP contribution in [0.15, 0.2) is 48.8 Å².